The number of aromatic nitrogens is 1. The molecule has 118 valence electrons. The van der Waals surface area contributed by atoms with Crippen molar-refractivity contribution < 1.29 is 4.79 Å². The van der Waals surface area contributed by atoms with Gasteiger partial charge in [-0.25, -0.2) is 0 Å². The Morgan fingerprint density at radius 3 is 2.77 bits per heavy atom. The predicted molar refractivity (Wildman–Crippen MR) is 91.4 cm³/mol. The molecule has 3 heteroatoms. The SMILES string of the molecule is CCC(C)(C)NC(=O)c1ccc2[nH]c3c(c2c1)CCCCC3. The van der Waals surface area contributed by atoms with Crippen LogP contribution in [0.1, 0.15) is 68.1 Å². The molecule has 0 spiro atoms. The van der Waals surface area contributed by atoms with Crippen LogP contribution in [0.3, 0.4) is 0 Å². The molecule has 0 radical (unpaired) electrons. The van der Waals surface area contributed by atoms with Crippen LogP contribution in [0.25, 0.3) is 10.9 Å². The summed E-state index contributed by atoms with van der Waals surface area (Å²) in [5, 5.41) is 4.36. The number of aryl methyl sites for hydroxylation is 2. The van der Waals surface area contributed by atoms with Crippen LogP contribution >= 0.6 is 0 Å². The van der Waals surface area contributed by atoms with Crippen LogP contribution in [-0.4, -0.2) is 16.4 Å². The first-order valence-electron chi connectivity index (χ1n) is 8.46. The van der Waals surface area contributed by atoms with Crippen molar-refractivity contribution in [1.29, 1.82) is 0 Å². The fraction of sp³-hybridized carbons (Fsp3) is 0.526. The van der Waals surface area contributed by atoms with Crippen molar-refractivity contribution in [1.82, 2.24) is 10.3 Å². The van der Waals surface area contributed by atoms with Gasteiger partial charge in [0.2, 0.25) is 0 Å². The quantitative estimate of drug-likeness (QED) is 0.813. The monoisotopic (exact) mass is 298 g/mol. The van der Waals surface area contributed by atoms with Crippen molar-refractivity contribution in [3.63, 3.8) is 0 Å². The molecule has 1 aliphatic rings. The Labute approximate surface area is 132 Å². The molecule has 1 heterocycles. The Bertz CT molecular complexity index is 697. The van der Waals surface area contributed by atoms with E-state index >= 15 is 0 Å². The second-order valence-corrected chi connectivity index (χ2v) is 7.09. The number of fused-ring (bicyclic) bond motifs is 3. The molecule has 0 unspecified atom stereocenters. The number of hydrogen-bond acceptors (Lipinski definition) is 1. The fourth-order valence-corrected chi connectivity index (χ4v) is 3.19. The Morgan fingerprint density at radius 1 is 1.23 bits per heavy atom. The second kappa shape index (κ2) is 5.79. The molecule has 2 N–H and O–H groups in total. The van der Waals surface area contributed by atoms with Gasteiger partial charge in [0.1, 0.15) is 0 Å². The number of benzene rings is 1. The normalized spacial score (nSPS) is 15.4. The molecule has 3 rings (SSSR count). The number of carbonyl (C=O) groups excluding carboxylic acids is 1. The summed E-state index contributed by atoms with van der Waals surface area (Å²) < 4.78 is 0. The molecular formula is C19H26N2O. The number of carbonyl (C=O) groups is 1. The van der Waals surface area contributed by atoms with Gasteiger partial charge in [-0.05, 0) is 69.7 Å². The van der Waals surface area contributed by atoms with Gasteiger partial charge >= 0.3 is 0 Å². The van der Waals surface area contributed by atoms with Crippen LogP contribution in [0.4, 0.5) is 0 Å². The molecule has 0 bridgehead atoms. The lowest BCUT2D eigenvalue weighted by molar-refractivity contribution is 0.0911. The minimum absolute atomic E-state index is 0.0253. The van der Waals surface area contributed by atoms with Gasteiger partial charge in [-0.3, -0.25) is 4.79 Å². The van der Waals surface area contributed by atoms with E-state index in [4.69, 9.17) is 0 Å². The van der Waals surface area contributed by atoms with E-state index in [1.54, 1.807) is 0 Å². The summed E-state index contributed by atoms with van der Waals surface area (Å²) >= 11 is 0. The van der Waals surface area contributed by atoms with E-state index in [-0.39, 0.29) is 11.4 Å². The lowest BCUT2D eigenvalue weighted by Gasteiger charge is -2.24. The van der Waals surface area contributed by atoms with E-state index in [1.165, 1.54) is 41.4 Å². The first-order valence-corrected chi connectivity index (χ1v) is 8.46. The largest absolute Gasteiger partial charge is 0.358 e. The van der Waals surface area contributed by atoms with Crippen LogP contribution in [0.5, 0.6) is 0 Å². The summed E-state index contributed by atoms with van der Waals surface area (Å²) in [5.41, 5.74) is 4.57. The van der Waals surface area contributed by atoms with E-state index in [0.717, 1.165) is 24.8 Å². The number of amides is 1. The van der Waals surface area contributed by atoms with Crippen LogP contribution in [0.2, 0.25) is 0 Å². The van der Waals surface area contributed by atoms with Crippen molar-refractivity contribution in [3.8, 4) is 0 Å². The van der Waals surface area contributed by atoms with E-state index in [2.05, 4.69) is 43.2 Å². The third kappa shape index (κ3) is 2.90. The summed E-state index contributed by atoms with van der Waals surface area (Å²) in [6.45, 7) is 6.22. The summed E-state index contributed by atoms with van der Waals surface area (Å²) in [5.74, 6) is 0.0253. The van der Waals surface area contributed by atoms with Gasteiger partial charge in [0.25, 0.3) is 5.91 Å². The minimum Gasteiger partial charge on any atom is -0.358 e. The van der Waals surface area contributed by atoms with Gasteiger partial charge < -0.3 is 10.3 Å². The van der Waals surface area contributed by atoms with Crippen molar-refractivity contribution >= 4 is 16.8 Å². The van der Waals surface area contributed by atoms with Crippen LogP contribution in [-0.2, 0) is 12.8 Å². The highest BCUT2D eigenvalue weighted by Gasteiger charge is 2.20. The van der Waals surface area contributed by atoms with Crippen molar-refractivity contribution in [3.05, 3.63) is 35.0 Å². The summed E-state index contributed by atoms with van der Waals surface area (Å²) in [6.07, 6.45) is 6.99. The maximum Gasteiger partial charge on any atom is 0.251 e. The number of nitrogens with one attached hydrogen (secondary N) is 2. The summed E-state index contributed by atoms with van der Waals surface area (Å²) in [6, 6.07) is 6.05. The number of H-pyrrole nitrogens is 1. The zero-order valence-corrected chi connectivity index (χ0v) is 13.9. The Kier molecular flexibility index (Phi) is 3.98. The smallest absolute Gasteiger partial charge is 0.251 e. The predicted octanol–water partition coefficient (Wildman–Crippen LogP) is 4.36. The Hall–Kier alpha value is -1.77. The molecule has 1 aromatic carbocycles. The molecule has 0 atom stereocenters. The van der Waals surface area contributed by atoms with Gasteiger partial charge in [-0.2, -0.15) is 0 Å². The number of hydrogen-bond donors (Lipinski definition) is 2. The fourth-order valence-electron chi connectivity index (χ4n) is 3.19. The molecule has 1 amide bonds. The van der Waals surface area contributed by atoms with Gasteiger partial charge in [0.05, 0.1) is 0 Å². The number of aromatic amines is 1. The van der Waals surface area contributed by atoms with Gasteiger partial charge in [0.15, 0.2) is 0 Å². The average Bonchev–Trinajstić information content (AvgIpc) is 2.67. The summed E-state index contributed by atoms with van der Waals surface area (Å²) in [4.78, 5) is 16.0. The van der Waals surface area contributed by atoms with Crippen LogP contribution in [0.15, 0.2) is 18.2 Å². The maximum absolute atomic E-state index is 12.5. The zero-order chi connectivity index (χ0) is 15.7. The first-order chi connectivity index (χ1) is 10.5. The van der Waals surface area contributed by atoms with Gasteiger partial charge in [-0.15, -0.1) is 0 Å². The molecule has 0 aliphatic heterocycles. The third-order valence-corrected chi connectivity index (χ3v) is 4.95. The van der Waals surface area contributed by atoms with Crippen LogP contribution in [0, 0.1) is 0 Å². The average molecular weight is 298 g/mol. The molecule has 2 aromatic rings. The standard InChI is InChI=1S/C19H26N2O/c1-4-19(2,3)21-18(22)13-10-11-17-15(12-13)14-8-6-5-7-9-16(14)20-17/h10-12,20H,4-9H2,1-3H3,(H,21,22). The zero-order valence-electron chi connectivity index (χ0n) is 13.9. The van der Waals surface area contributed by atoms with Crippen molar-refractivity contribution in [2.45, 2.75) is 64.8 Å². The van der Waals surface area contributed by atoms with Crippen molar-refractivity contribution in [2.24, 2.45) is 0 Å². The van der Waals surface area contributed by atoms with E-state index in [9.17, 15) is 4.79 Å². The molecule has 22 heavy (non-hydrogen) atoms. The lowest BCUT2D eigenvalue weighted by Crippen LogP contribution is -2.42. The third-order valence-electron chi connectivity index (χ3n) is 4.95. The highest BCUT2D eigenvalue weighted by atomic mass is 16.1. The van der Waals surface area contributed by atoms with E-state index in [0.29, 0.717) is 0 Å². The molecule has 0 fully saturated rings. The van der Waals surface area contributed by atoms with E-state index in [1.807, 2.05) is 6.07 Å². The molecule has 3 nitrogen and oxygen atoms in total. The molecule has 0 saturated carbocycles. The highest BCUT2D eigenvalue weighted by Crippen LogP contribution is 2.29. The van der Waals surface area contributed by atoms with Gasteiger partial charge in [0, 0.05) is 27.7 Å². The van der Waals surface area contributed by atoms with E-state index < -0.39 is 0 Å². The maximum atomic E-state index is 12.5. The molecular weight excluding hydrogens is 272 g/mol. The molecule has 1 aromatic heterocycles. The topological polar surface area (TPSA) is 44.9 Å². The molecule has 0 saturated heterocycles. The van der Waals surface area contributed by atoms with Gasteiger partial charge in [-0.1, -0.05) is 13.3 Å². The Morgan fingerprint density at radius 2 is 2.00 bits per heavy atom. The molecule has 1 aliphatic carbocycles. The Balaban J connectivity index is 1.95. The number of rotatable bonds is 3. The van der Waals surface area contributed by atoms with Crippen molar-refractivity contribution in [2.75, 3.05) is 0 Å². The first kappa shape index (κ1) is 15.1. The lowest BCUT2D eigenvalue weighted by atomic mass is 10.00. The van der Waals surface area contributed by atoms with Crippen LogP contribution < -0.4 is 5.32 Å². The highest BCUT2D eigenvalue weighted by molar-refractivity contribution is 5.99. The second-order valence-electron chi connectivity index (χ2n) is 7.09. The minimum atomic E-state index is -0.166. The summed E-state index contributed by atoms with van der Waals surface area (Å²) in [7, 11) is 0.